The monoisotopic (exact) mass is 185 g/mol. The Balaban J connectivity index is 4.45. The summed E-state index contributed by atoms with van der Waals surface area (Å²) in [6.07, 6.45) is 1.04. The summed E-state index contributed by atoms with van der Waals surface area (Å²) in [5.74, 6) is -0.0820. The molecule has 0 aliphatic rings. The van der Waals surface area contributed by atoms with Crippen molar-refractivity contribution in [2.45, 2.75) is 46.1 Å². The third-order valence-corrected chi connectivity index (χ3v) is 2.70. The fourth-order valence-corrected chi connectivity index (χ4v) is 1.23. The summed E-state index contributed by atoms with van der Waals surface area (Å²) in [5, 5.41) is 0. The van der Waals surface area contributed by atoms with Crippen molar-refractivity contribution in [3.8, 4) is 0 Å². The highest BCUT2D eigenvalue weighted by Gasteiger charge is 2.31. The van der Waals surface area contributed by atoms with Gasteiger partial charge >= 0.3 is 0 Å². The van der Waals surface area contributed by atoms with Crippen LogP contribution < -0.4 is 5.73 Å². The van der Waals surface area contributed by atoms with Crippen molar-refractivity contribution in [2.24, 2.45) is 11.7 Å². The summed E-state index contributed by atoms with van der Waals surface area (Å²) in [5.41, 5.74) is 5.06. The van der Waals surface area contributed by atoms with E-state index in [1.807, 2.05) is 13.8 Å². The molecule has 0 aromatic carbocycles. The first-order chi connectivity index (χ1) is 5.83. The fourth-order valence-electron chi connectivity index (χ4n) is 1.23. The Bertz CT molecular complexity index is 213. The van der Waals surface area contributed by atoms with Crippen LogP contribution in [0.1, 0.15) is 40.5 Å². The third-order valence-electron chi connectivity index (χ3n) is 2.70. The van der Waals surface area contributed by atoms with Crippen molar-refractivity contribution in [1.82, 2.24) is 0 Å². The number of hydrogen-bond donors (Lipinski definition) is 1. The summed E-state index contributed by atoms with van der Waals surface area (Å²) in [6.45, 7) is 6.69. The van der Waals surface area contributed by atoms with Crippen LogP contribution in [-0.4, -0.2) is 17.1 Å². The molecule has 0 aliphatic carbocycles. The third kappa shape index (κ3) is 3.27. The van der Waals surface area contributed by atoms with Gasteiger partial charge < -0.3 is 5.73 Å². The van der Waals surface area contributed by atoms with E-state index in [4.69, 9.17) is 5.73 Å². The maximum atomic E-state index is 11.2. The molecule has 2 N–H and O–H groups in total. The van der Waals surface area contributed by atoms with Crippen LogP contribution in [0.25, 0.3) is 0 Å². The molecule has 0 unspecified atom stereocenters. The Labute approximate surface area is 79.7 Å². The molecule has 0 saturated heterocycles. The van der Waals surface area contributed by atoms with E-state index >= 15 is 0 Å². The lowest BCUT2D eigenvalue weighted by atomic mass is 9.82. The maximum absolute atomic E-state index is 11.2. The van der Waals surface area contributed by atoms with Gasteiger partial charge in [0.1, 0.15) is 11.6 Å². The molecular weight excluding hydrogens is 166 g/mol. The second kappa shape index (κ2) is 4.51. The normalized spacial score (nSPS) is 17.6. The number of rotatable bonds is 5. The highest BCUT2D eigenvalue weighted by Crippen LogP contribution is 2.19. The number of ketones is 2. The van der Waals surface area contributed by atoms with Gasteiger partial charge in [-0.1, -0.05) is 13.8 Å². The average Bonchev–Trinajstić information content (AvgIpc) is 2.03. The maximum Gasteiger partial charge on any atom is 0.149 e. The summed E-state index contributed by atoms with van der Waals surface area (Å²) in [6, 6.07) is 0. The number of carbonyl (C=O) groups excluding carboxylic acids is 2. The molecule has 0 heterocycles. The molecule has 0 spiro atoms. The Hall–Kier alpha value is -0.700. The van der Waals surface area contributed by atoms with E-state index in [0.717, 1.165) is 0 Å². The SMILES string of the molecule is CC[C@@](N)(C[C@H](C)C(C)=O)C(C)=O. The topological polar surface area (TPSA) is 60.2 Å². The predicted molar refractivity (Wildman–Crippen MR) is 52.4 cm³/mol. The lowest BCUT2D eigenvalue weighted by molar-refractivity contribution is -0.124. The van der Waals surface area contributed by atoms with Gasteiger partial charge in [0.25, 0.3) is 0 Å². The van der Waals surface area contributed by atoms with Crippen LogP contribution in [0.2, 0.25) is 0 Å². The molecule has 0 amide bonds. The first-order valence-electron chi connectivity index (χ1n) is 4.64. The molecule has 0 rings (SSSR count). The molecule has 76 valence electrons. The van der Waals surface area contributed by atoms with Crippen LogP contribution in [0, 0.1) is 5.92 Å². The first-order valence-corrected chi connectivity index (χ1v) is 4.64. The van der Waals surface area contributed by atoms with Crippen molar-refractivity contribution < 1.29 is 9.59 Å². The van der Waals surface area contributed by atoms with Crippen LogP contribution in [0.15, 0.2) is 0 Å². The number of carbonyl (C=O) groups is 2. The van der Waals surface area contributed by atoms with E-state index in [1.165, 1.54) is 13.8 Å². The molecule has 0 saturated carbocycles. The zero-order valence-corrected chi connectivity index (χ0v) is 8.89. The molecule has 0 aliphatic heterocycles. The largest absolute Gasteiger partial charge is 0.319 e. The standard InChI is InChI=1S/C10H19NO2/c1-5-10(11,9(4)13)6-7(2)8(3)12/h7H,5-6,11H2,1-4H3/t7-,10+/m0/s1. The Morgan fingerprint density at radius 1 is 1.38 bits per heavy atom. The van der Waals surface area contributed by atoms with Gasteiger partial charge in [-0.05, 0) is 26.7 Å². The predicted octanol–water partition coefficient (Wildman–Crippen LogP) is 1.30. The number of Topliss-reactive ketones (excluding diaryl/α,β-unsaturated/α-hetero) is 2. The summed E-state index contributed by atoms with van der Waals surface area (Å²) in [4.78, 5) is 22.2. The van der Waals surface area contributed by atoms with Crippen LogP contribution in [0.5, 0.6) is 0 Å². The molecule has 0 radical (unpaired) electrons. The van der Waals surface area contributed by atoms with E-state index in [9.17, 15) is 9.59 Å². The van der Waals surface area contributed by atoms with Crippen molar-refractivity contribution in [3.63, 3.8) is 0 Å². The van der Waals surface area contributed by atoms with Gasteiger partial charge in [-0.15, -0.1) is 0 Å². The molecule has 0 bridgehead atoms. The Morgan fingerprint density at radius 3 is 2.08 bits per heavy atom. The Kier molecular flexibility index (Phi) is 4.27. The zero-order valence-electron chi connectivity index (χ0n) is 8.89. The van der Waals surface area contributed by atoms with Gasteiger partial charge in [0.15, 0.2) is 0 Å². The smallest absolute Gasteiger partial charge is 0.149 e. The minimum absolute atomic E-state index is 0.0388. The van der Waals surface area contributed by atoms with E-state index in [-0.39, 0.29) is 17.5 Å². The second-order valence-corrected chi connectivity index (χ2v) is 3.78. The average molecular weight is 185 g/mol. The molecule has 3 heteroatoms. The molecule has 13 heavy (non-hydrogen) atoms. The van der Waals surface area contributed by atoms with Crippen molar-refractivity contribution in [1.29, 1.82) is 0 Å². The second-order valence-electron chi connectivity index (χ2n) is 3.78. The molecule has 0 aromatic rings. The number of nitrogens with two attached hydrogens (primary N) is 1. The highest BCUT2D eigenvalue weighted by molar-refractivity contribution is 5.87. The van der Waals surface area contributed by atoms with E-state index in [2.05, 4.69) is 0 Å². The summed E-state index contributed by atoms with van der Waals surface area (Å²) < 4.78 is 0. The van der Waals surface area contributed by atoms with Gasteiger partial charge in [0, 0.05) is 5.92 Å². The van der Waals surface area contributed by atoms with Gasteiger partial charge in [-0.3, -0.25) is 9.59 Å². The molecule has 2 atom stereocenters. The first kappa shape index (κ1) is 12.3. The van der Waals surface area contributed by atoms with Crippen LogP contribution >= 0.6 is 0 Å². The van der Waals surface area contributed by atoms with Crippen LogP contribution in [0.4, 0.5) is 0 Å². The van der Waals surface area contributed by atoms with Crippen molar-refractivity contribution in [3.05, 3.63) is 0 Å². The van der Waals surface area contributed by atoms with E-state index in [1.54, 1.807) is 0 Å². The minimum Gasteiger partial charge on any atom is -0.319 e. The summed E-state index contributed by atoms with van der Waals surface area (Å²) in [7, 11) is 0. The van der Waals surface area contributed by atoms with Gasteiger partial charge in [-0.25, -0.2) is 0 Å². The molecule has 0 aromatic heterocycles. The van der Waals surface area contributed by atoms with Gasteiger partial charge in [0.2, 0.25) is 0 Å². The molecule has 3 nitrogen and oxygen atoms in total. The highest BCUT2D eigenvalue weighted by atomic mass is 16.1. The van der Waals surface area contributed by atoms with Crippen LogP contribution in [0.3, 0.4) is 0 Å². The van der Waals surface area contributed by atoms with E-state index < -0.39 is 5.54 Å². The van der Waals surface area contributed by atoms with Crippen molar-refractivity contribution in [2.75, 3.05) is 0 Å². The Morgan fingerprint density at radius 2 is 1.85 bits per heavy atom. The van der Waals surface area contributed by atoms with Crippen LogP contribution in [-0.2, 0) is 9.59 Å². The lowest BCUT2D eigenvalue weighted by Crippen LogP contribution is -2.48. The molecule has 0 fully saturated rings. The lowest BCUT2D eigenvalue weighted by Gasteiger charge is -2.27. The minimum atomic E-state index is -0.814. The summed E-state index contributed by atoms with van der Waals surface area (Å²) >= 11 is 0. The fraction of sp³-hybridized carbons (Fsp3) is 0.800. The molecular formula is C10H19NO2. The quantitative estimate of drug-likeness (QED) is 0.702. The van der Waals surface area contributed by atoms with Gasteiger partial charge in [0.05, 0.1) is 5.54 Å². The van der Waals surface area contributed by atoms with Crippen molar-refractivity contribution >= 4 is 11.6 Å². The zero-order chi connectivity index (χ0) is 10.6. The number of hydrogen-bond acceptors (Lipinski definition) is 3. The van der Waals surface area contributed by atoms with E-state index in [0.29, 0.717) is 12.8 Å². The van der Waals surface area contributed by atoms with Gasteiger partial charge in [-0.2, -0.15) is 0 Å².